The third-order valence-electron chi connectivity index (χ3n) is 5.83. The van der Waals surface area contributed by atoms with Crippen LogP contribution in [0.5, 0.6) is 0 Å². The molecule has 0 unspecified atom stereocenters. The van der Waals surface area contributed by atoms with Gasteiger partial charge in [0.1, 0.15) is 0 Å². The average molecular weight is 293 g/mol. The molecule has 4 heteroatoms. The summed E-state index contributed by atoms with van der Waals surface area (Å²) in [5.41, 5.74) is 0.142. The minimum atomic E-state index is -0.0852. The van der Waals surface area contributed by atoms with Crippen LogP contribution in [0.1, 0.15) is 45.4 Å². The fraction of sp³-hybridized carbons (Fsp3) is 0.941. The number of carbonyl (C=O) groups excluding carboxylic acids is 1. The molecule has 4 aliphatic carbocycles. The highest BCUT2D eigenvalue weighted by molar-refractivity contribution is 5.82. The van der Waals surface area contributed by atoms with Crippen LogP contribution in [0.2, 0.25) is 0 Å². The van der Waals surface area contributed by atoms with Gasteiger partial charge >= 0.3 is 0 Å². The van der Waals surface area contributed by atoms with Gasteiger partial charge in [-0.25, -0.2) is 0 Å². The van der Waals surface area contributed by atoms with Gasteiger partial charge in [0.2, 0.25) is 5.91 Å². The van der Waals surface area contributed by atoms with Gasteiger partial charge in [-0.2, -0.15) is 0 Å². The normalized spacial score (nSPS) is 38.8. The summed E-state index contributed by atoms with van der Waals surface area (Å²) >= 11 is 0. The number of nitrogens with one attached hydrogen (secondary N) is 2. The Bertz CT molecular complexity index is 358. The van der Waals surface area contributed by atoms with Gasteiger partial charge in [-0.15, -0.1) is 0 Å². The van der Waals surface area contributed by atoms with Crippen molar-refractivity contribution < 1.29 is 4.79 Å². The summed E-state index contributed by atoms with van der Waals surface area (Å²) in [7, 11) is 4.11. The Balaban J connectivity index is 1.52. The lowest BCUT2D eigenvalue weighted by atomic mass is 9.53. The standard InChI is InChI=1S/C17H31N3O/c1-12(18-4-5-20(2)3)16(21)19-17-9-13-6-14(10-17)8-15(7-13)11-17/h12-15,18H,4-11H2,1-3H3,(H,19,21)/t12-,13?,14?,15?,17?/m0/s1. The lowest BCUT2D eigenvalue weighted by Gasteiger charge is -2.57. The molecule has 0 radical (unpaired) electrons. The van der Waals surface area contributed by atoms with Gasteiger partial charge in [0.15, 0.2) is 0 Å². The molecule has 0 aromatic heterocycles. The fourth-order valence-electron chi connectivity index (χ4n) is 5.23. The molecule has 120 valence electrons. The van der Waals surface area contributed by atoms with E-state index in [0.29, 0.717) is 0 Å². The monoisotopic (exact) mass is 293 g/mol. The van der Waals surface area contributed by atoms with Gasteiger partial charge < -0.3 is 15.5 Å². The summed E-state index contributed by atoms with van der Waals surface area (Å²) in [6.07, 6.45) is 7.96. The van der Waals surface area contributed by atoms with Gasteiger partial charge in [0.25, 0.3) is 0 Å². The molecule has 0 aromatic carbocycles. The van der Waals surface area contributed by atoms with E-state index < -0.39 is 0 Å². The van der Waals surface area contributed by atoms with Gasteiger partial charge in [-0.05, 0) is 77.3 Å². The molecular formula is C17H31N3O. The van der Waals surface area contributed by atoms with Crippen molar-refractivity contribution in [2.45, 2.75) is 57.0 Å². The smallest absolute Gasteiger partial charge is 0.237 e. The first kappa shape index (κ1) is 15.3. The van der Waals surface area contributed by atoms with Crippen molar-refractivity contribution in [2.24, 2.45) is 17.8 Å². The number of hydrogen-bond donors (Lipinski definition) is 2. The highest BCUT2D eigenvalue weighted by Crippen LogP contribution is 2.55. The van der Waals surface area contributed by atoms with Crippen molar-refractivity contribution >= 4 is 5.91 Å². The molecular weight excluding hydrogens is 262 g/mol. The molecule has 4 bridgehead atoms. The van der Waals surface area contributed by atoms with E-state index in [-0.39, 0.29) is 17.5 Å². The molecule has 0 spiro atoms. The van der Waals surface area contributed by atoms with Crippen LogP contribution in [0.25, 0.3) is 0 Å². The Kier molecular flexibility index (Phi) is 4.28. The zero-order valence-corrected chi connectivity index (χ0v) is 13.8. The largest absolute Gasteiger partial charge is 0.349 e. The van der Waals surface area contributed by atoms with Crippen molar-refractivity contribution in [3.8, 4) is 0 Å². The second-order valence-electron chi connectivity index (χ2n) is 8.17. The summed E-state index contributed by atoms with van der Waals surface area (Å²) < 4.78 is 0. The number of likely N-dealkylation sites (N-methyl/N-ethyl adjacent to an activating group) is 1. The maximum Gasteiger partial charge on any atom is 0.237 e. The highest BCUT2D eigenvalue weighted by atomic mass is 16.2. The van der Waals surface area contributed by atoms with E-state index in [1.54, 1.807) is 0 Å². The van der Waals surface area contributed by atoms with Crippen LogP contribution in [-0.4, -0.2) is 49.6 Å². The topological polar surface area (TPSA) is 44.4 Å². The van der Waals surface area contributed by atoms with Crippen LogP contribution >= 0.6 is 0 Å². The molecule has 4 aliphatic rings. The molecule has 0 saturated heterocycles. The Labute approximate surface area is 129 Å². The van der Waals surface area contributed by atoms with Gasteiger partial charge in [-0.1, -0.05) is 0 Å². The van der Waals surface area contributed by atoms with Crippen LogP contribution in [0.4, 0.5) is 0 Å². The van der Waals surface area contributed by atoms with E-state index in [1.807, 2.05) is 6.92 Å². The summed E-state index contributed by atoms with van der Waals surface area (Å²) in [4.78, 5) is 14.7. The van der Waals surface area contributed by atoms with Gasteiger partial charge in [0.05, 0.1) is 6.04 Å². The predicted octanol–water partition coefficient (Wildman–Crippen LogP) is 1.61. The predicted molar refractivity (Wildman–Crippen MR) is 85.1 cm³/mol. The lowest BCUT2D eigenvalue weighted by Crippen LogP contribution is -2.62. The van der Waals surface area contributed by atoms with Crippen LogP contribution in [0.3, 0.4) is 0 Å². The van der Waals surface area contributed by atoms with Crippen LogP contribution < -0.4 is 10.6 Å². The molecule has 2 N–H and O–H groups in total. The van der Waals surface area contributed by atoms with E-state index in [0.717, 1.165) is 30.8 Å². The van der Waals surface area contributed by atoms with Crippen molar-refractivity contribution in [3.05, 3.63) is 0 Å². The Morgan fingerprint density at radius 2 is 1.67 bits per heavy atom. The molecule has 0 heterocycles. The molecule has 0 aliphatic heterocycles. The molecule has 4 fully saturated rings. The average Bonchev–Trinajstić information content (AvgIpc) is 2.35. The number of nitrogens with zero attached hydrogens (tertiary/aromatic N) is 1. The van der Waals surface area contributed by atoms with Crippen molar-refractivity contribution in [1.29, 1.82) is 0 Å². The van der Waals surface area contributed by atoms with E-state index in [4.69, 9.17) is 0 Å². The third kappa shape index (κ3) is 3.42. The lowest BCUT2D eigenvalue weighted by molar-refractivity contribution is -0.128. The molecule has 4 nitrogen and oxygen atoms in total. The number of amides is 1. The van der Waals surface area contributed by atoms with Gasteiger partial charge in [-0.3, -0.25) is 4.79 Å². The van der Waals surface area contributed by atoms with E-state index in [1.165, 1.54) is 38.5 Å². The first-order chi connectivity index (χ1) is 9.96. The molecule has 0 aromatic rings. The number of hydrogen-bond acceptors (Lipinski definition) is 3. The molecule has 4 rings (SSSR count). The maximum absolute atomic E-state index is 12.5. The van der Waals surface area contributed by atoms with E-state index in [9.17, 15) is 4.79 Å². The molecule has 1 amide bonds. The van der Waals surface area contributed by atoms with E-state index >= 15 is 0 Å². The van der Waals surface area contributed by atoms with Crippen molar-refractivity contribution in [3.63, 3.8) is 0 Å². The highest BCUT2D eigenvalue weighted by Gasteiger charge is 2.51. The minimum Gasteiger partial charge on any atom is -0.349 e. The minimum absolute atomic E-state index is 0.0852. The van der Waals surface area contributed by atoms with Crippen LogP contribution in [-0.2, 0) is 4.79 Å². The molecule has 1 atom stereocenters. The zero-order valence-electron chi connectivity index (χ0n) is 13.8. The van der Waals surface area contributed by atoms with Gasteiger partial charge in [0, 0.05) is 18.6 Å². The van der Waals surface area contributed by atoms with Crippen molar-refractivity contribution in [2.75, 3.05) is 27.2 Å². The maximum atomic E-state index is 12.5. The summed E-state index contributed by atoms with van der Waals surface area (Å²) in [6.45, 7) is 3.82. The first-order valence-corrected chi connectivity index (χ1v) is 8.66. The van der Waals surface area contributed by atoms with Crippen LogP contribution in [0.15, 0.2) is 0 Å². The third-order valence-corrected chi connectivity index (χ3v) is 5.83. The summed E-state index contributed by atoms with van der Waals surface area (Å²) in [5.74, 6) is 2.85. The first-order valence-electron chi connectivity index (χ1n) is 8.66. The SMILES string of the molecule is C[C@H](NCCN(C)C)C(=O)NC12CC3CC(CC(C3)C1)C2. The summed E-state index contributed by atoms with van der Waals surface area (Å²) in [6, 6.07) is -0.0852. The second kappa shape index (κ2) is 5.88. The molecule has 4 saturated carbocycles. The second-order valence-corrected chi connectivity index (χ2v) is 8.17. The number of rotatable bonds is 6. The summed E-state index contributed by atoms with van der Waals surface area (Å²) in [5, 5.41) is 6.79. The van der Waals surface area contributed by atoms with Crippen LogP contribution in [0, 0.1) is 17.8 Å². The quantitative estimate of drug-likeness (QED) is 0.782. The fourth-order valence-corrected chi connectivity index (χ4v) is 5.23. The Morgan fingerprint density at radius 1 is 1.14 bits per heavy atom. The number of carbonyl (C=O) groups is 1. The Morgan fingerprint density at radius 3 is 2.14 bits per heavy atom. The Hall–Kier alpha value is -0.610. The molecule has 21 heavy (non-hydrogen) atoms. The van der Waals surface area contributed by atoms with Crippen molar-refractivity contribution in [1.82, 2.24) is 15.5 Å². The van der Waals surface area contributed by atoms with E-state index in [2.05, 4.69) is 29.6 Å². The zero-order chi connectivity index (χ0) is 15.0.